The van der Waals surface area contributed by atoms with Gasteiger partial charge in [-0.3, -0.25) is 5.43 Å². The number of guanidine groups is 2. The molecular formula is C19H25N9O. The predicted molar refractivity (Wildman–Crippen MR) is 116 cm³/mol. The van der Waals surface area contributed by atoms with Crippen LogP contribution < -0.4 is 38.3 Å². The zero-order valence-corrected chi connectivity index (χ0v) is 16.0. The highest BCUT2D eigenvalue weighted by Gasteiger charge is 1.98. The fourth-order valence-corrected chi connectivity index (χ4v) is 2.12. The van der Waals surface area contributed by atoms with Crippen molar-refractivity contribution in [1.82, 2.24) is 16.4 Å². The van der Waals surface area contributed by atoms with Crippen molar-refractivity contribution in [3.8, 4) is 5.75 Å². The van der Waals surface area contributed by atoms with E-state index >= 15 is 0 Å². The second-order valence-corrected chi connectivity index (χ2v) is 5.58. The maximum Gasteiger partial charge on any atom is 0.225 e. The zero-order chi connectivity index (χ0) is 20.9. The van der Waals surface area contributed by atoms with E-state index in [1.807, 2.05) is 42.5 Å². The van der Waals surface area contributed by atoms with Crippen LogP contribution in [0, 0.1) is 0 Å². The van der Waals surface area contributed by atoms with Gasteiger partial charge < -0.3 is 21.9 Å². The van der Waals surface area contributed by atoms with E-state index in [2.05, 4.69) is 31.4 Å². The highest BCUT2D eigenvalue weighted by Crippen LogP contribution is 2.10. The minimum Gasteiger partial charge on any atom is -0.497 e. The van der Waals surface area contributed by atoms with Crippen LogP contribution in [0.5, 0.6) is 5.75 Å². The topological polar surface area (TPSA) is 160 Å². The lowest BCUT2D eigenvalue weighted by Crippen LogP contribution is -2.46. The number of nitrogens with zero attached hydrogens (tertiary/aromatic N) is 3. The van der Waals surface area contributed by atoms with Gasteiger partial charge in [0.15, 0.2) is 0 Å². The second-order valence-electron chi connectivity index (χ2n) is 5.58. The van der Waals surface area contributed by atoms with Crippen LogP contribution in [-0.2, 0) is 6.54 Å². The van der Waals surface area contributed by atoms with Gasteiger partial charge in [0, 0.05) is 6.54 Å². The van der Waals surface area contributed by atoms with Crippen LogP contribution in [0.4, 0.5) is 5.69 Å². The van der Waals surface area contributed by atoms with Crippen molar-refractivity contribution in [3.05, 3.63) is 72.4 Å². The van der Waals surface area contributed by atoms with Crippen LogP contribution in [0.15, 0.2) is 81.9 Å². The summed E-state index contributed by atoms with van der Waals surface area (Å²) in [6, 6.07) is 16.8. The lowest BCUT2D eigenvalue weighted by atomic mass is 10.2. The average Bonchev–Trinajstić information content (AvgIpc) is 2.72. The summed E-state index contributed by atoms with van der Waals surface area (Å²) >= 11 is 0. The van der Waals surface area contributed by atoms with E-state index in [1.54, 1.807) is 19.2 Å². The van der Waals surface area contributed by atoms with Gasteiger partial charge in [0.1, 0.15) is 11.6 Å². The molecule has 152 valence electrons. The Balaban J connectivity index is 1.91. The van der Waals surface area contributed by atoms with Crippen molar-refractivity contribution < 1.29 is 4.74 Å². The molecule has 0 fully saturated rings. The number of hydrogen-bond donors (Lipinski definition) is 6. The SMILES string of the molecule is COc1ccc(CNNNC(C=CN)=NC(N)=NC(N)=Nc2ccccc2)cc1. The van der Waals surface area contributed by atoms with Gasteiger partial charge in [0.25, 0.3) is 0 Å². The molecule has 0 heterocycles. The molecule has 10 heteroatoms. The molecule has 0 saturated carbocycles. The van der Waals surface area contributed by atoms with Crippen molar-refractivity contribution in [1.29, 1.82) is 0 Å². The third kappa shape index (κ3) is 8.12. The van der Waals surface area contributed by atoms with Gasteiger partial charge in [-0.1, -0.05) is 30.3 Å². The smallest absolute Gasteiger partial charge is 0.225 e. The molecule has 0 aliphatic carbocycles. The number of hydrogen-bond acceptors (Lipinski definition) is 5. The number of aliphatic imine (C=N–C) groups is 3. The Morgan fingerprint density at radius 1 is 1.00 bits per heavy atom. The van der Waals surface area contributed by atoms with Gasteiger partial charge in [-0.05, 0) is 42.1 Å². The largest absolute Gasteiger partial charge is 0.497 e. The van der Waals surface area contributed by atoms with Crippen LogP contribution in [0.1, 0.15) is 5.56 Å². The maximum absolute atomic E-state index is 5.81. The molecule has 0 atom stereocenters. The molecule has 9 N–H and O–H groups in total. The summed E-state index contributed by atoms with van der Waals surface area (Å²) in [5.74, 6) is 1.02. The number of ether oxygens (including phenoxy) is 1. The first kappa shape index (κ1) is 21.4. The Morgan fingerprint density at radius 2 is 1.72 bits per heavy atom. The Hall–Kier alpha value is -3.89. The van der Waals surface area contributed by atoms with Gasteiger partial charge in [0.2, 0.25) is 11.9 Å². The van der Waals surface area contributed by atoms with Gasteiger partial charge >= 0.3 is 0 Å². The van der Waals surface area contributed by atoms with E-state index in [-0.39, 0.29) is 11.9 Å². The van der Waals surface area contributed by atoms with Crippen LogP contribution in [0.3, 0.4) is 0 Å². The molecule has 0 radical (unpaired) electrons. The quantitative estimate of drug-likeness (QED) is 0.173. The molecule has 2 aromatic carbocycles. The van der Waals surface area contributed by atoms with Crippen molar-refractivity contribution in [2.45, 2.75) is 6.54 Å². The molecule has 0 unspecified atom stereocenters. The fraction of sp³-hybridized carbons (Fsp3) is 0.105. The van der Waals surface area contributed by atoms with E-state index < -0.39 is 0 Å². The number of benzene rings is 2. The number of methoxy groups -OCH3 is 1. The minimum atomic E-state index is -0.0836. The summed E-state index contributed by atoms with van der Waals surface area (Å²) < 4.78 is 5.13. The Kier molecular flexibility index (Phi) is 8.67. The molecule has 29 heavy (non-hydrogen) atoms. The standard InChI is InChI=1S/C19H25N9O/c1-29-16-9-7-14(8-10-16)13-23-28-27-17(11-12-20)25-19(22)26-18(21)24-15-5-3-2-4-6-15/h2-12,23,28H,13,20H2,1H3,(H5,21,22,24,25,26,27). The average molecular weight is 395 g/mol. The third-order valence-electron chi connectivity index (χ3n) is 3.45. The minimum absolute atomic E-state index is 0.0147. The molecule has 2 rings (SSSR count). The fourth-order valence-electron chi connectivity index (χ4n) is 2.12. The summed E-state index contributed by atoms with van der Waals surface area (Å²) in [5, 5.41) is 0. The number of para-hydroxylation sites is 1. The molecule has 0 saturated heterocycles. The number of rotatable bonds is 7. The molecule has 10 nitrogen and oxygen atoms in total. The molecular weight excluding hydrogens is 370 g/mol. The summed E-state index contributed by atoms with van der Waals surface area (Å²) in [6.45, 7) is 0.552. The molecule has 0 bridgehead atoms. The van der Waals surface area contributed by atoms with Crippen molar-refractivity contribution >= 4 is 23.4 Å². The Morgan fingerprint density at radius 3 is 2.38 bits per heavy atom. The van der Waals surface area contributed by atoms with Crippen LogP contribution in [0.25, 0.3) is 0 Å². The molecule has 0 aliphatic rings. The van der Waals surface area contributed by atoms with E-state index in [1.165, 1.54) is 12.3 Å². The number of nitrogens with one attached hydrogen (secondary N) is 3. The molecule has 0 spiro atoms. The number of nitrogens with two attached hydrogens (primary N) is 3. The number of amidine groups is 1. The molecule has 0 aliphatic heterocycles. The lowest BCUT2D eigenvalue weighted by molar-refractivity contribution is 0.414. The van der Waals surface area contributed by atoms with Crippen molar-refractivity contribution in [2.24, 2.45) is 32.2 Å². The van der Waals surface area contributed by atoms with E-state index in [0.717, 1.165) is 11.3 Å². The van der Waals surface area contributed by atoms with Gasteiger partial charge in [-0.25, -0.2) is 10.4 Å². The maximum atomic E-state index is 5.81. The van der Waals surface area contributed by atoms with E-state index in [4.69, 9.17) is 21.9 Å². The molecule has 0 amide bonds. The monoisotopic (exact) mass is 395 g/mol. The first-order valence-electron chi connectivity index (χ1n) is 8.68. The van der Waals surface area contributed by atoms with Gasteiger partial charge in [-0.15, -0.1) is 0 Å². The first-order chi connectivity index (χ1) is 14.1. The Bertz CT molecular complexity index is 874. The lowest BCUT2D eigenvalue weighted by Gasteiger charge is -2.10. The zero-order valence-electron chi connectivity index (χ0n) is 16.0. The van der Waals surface area contributed by atoms with E-state index in [9.17, 15) is 0 Å². The summed E-state index contributed by atoms with van der Waals surface area (Å²) in [7, 11) is 1.63. The van der Waals surface area contributed by atoms with Crippen molar-refractivity contribution in [2.75, 3.05) is 7.11 Å². The predicted octanol–water partition coefficient (Wildman–Crippen LogP) is 0.626. The normalized spacial score (nSPS) is 12.9. The van der Waals surface area contributed by atoms with E-state index in [0.29, 0.717) is 18.1 Å². The van der Waals surface area contributed by atoms with Crippen molar-refractivity contribution in [3.63, 3.8) is 0 Å². The van der Waals surface area contributed by atoms with Crippen LogP contribution >= 0.6 is 0 Å². The Labute approximate surface area is 169 Å². The summed E-state index contributed by atoms with van der Waals surface area (Å²) in [6.07, 6.45) is 2.82. The second kappa shape index (κ2) is 11.7. The van der Waals surface area contributed by atoms with Crippen LogP contribution in [-0.4, -0.2) is 24.9 Å². The number of hydrazine groups is 2. The first-order valence-corrected chi connectivity index (χ1v) is 8.68. The highest BCUT2D eigenvalue weighted by molar-refractivity contribution is 6.04. The van der Waals surface area contributed by atoms with Gasteiger partial charge in [0.05, 0.1) is 12.8 Å². The highest BCUT2D eigenvalue weighted by atomic mass is 16.5. The summed E-state index contributed by atoms with van der Waals surface area (Å²) in [4.78, 5) is 12.2. The third-order valence-corrected chi connectivity index (χ3v) is 3.45. The molecule has 0 aromatic heterocycles. The van der Waals surface area contributed by atoms with Gasteiger partial charge in [-0.2, -0.15) is 15.5 Å². The van der Waals surface area contributed by atoms with Crippen LogP contribution in [0.2, 0.25) is 0 Å². The molecule has 2 aromatic rings. The summed E-state index contributed by atoms with van der Waals surface area (Å²) in [5.41, 5.74) is 27.4.